The van der Waals surface area contributed by atoms with Gasteiger partial charge in [-0.3, -0.25) is 9.48 Å². The zero-order valence-corrected chi connectivity index (χ0v) is 16.4. The Morgan fingerprint density at radius 3 is 2.56 bits per heavy atom. The molecule has 2 fully saturated rings. The van der Waals surface area contributed by atoms with Gasteiger partial charge in [0.1, 0.15) is 0 Å². The molecule has 0 spiro atoms. The quantitative estimate of drug-likeness (QED) is 0.751. The number of ether oxygens (including phenoxy) is 1. The largest absolute Gasteiger partial charge is 0.376 e. The molecule has 1 saturated carbocycles. The predicted molar refractivity (Wildman–Crippen MR) is 105 cm³/mol. The monoisotopic (exact) mass is 367 g/mol. The van der Waals surface area contributed by atoms with E-state index in [1.807, 2.05) is 40.8 Å². The summed E-state index contributed by atoms with van der Waals surface area (Å²) in [6, 6.07) is 10.1. The molecule has 1 aliphatic heterocycles. The normalized spacial score (nSPS) is 19.4. The molecule has 1 aromatic heterocycles. The fourth-order valence-electron chi connectivity index (χ4n) is 3.83. The highest BCUT2D eigenvalue weighted by Crippen LogP contribution is 2.30. The topological polar surface area (TPSA) is 47.4 Å². The van der Waals surface area contributed by atoms with Crippen molar-refractivity contribution >= 4 is 5.91 Å². The first kappa shape index (κ1) is 18.2. The van der Waals surface area contributed by atoms with Crippen molar-refractivity contribution in [3.8, 4) is 0 Å². The number of amides is 1. The summed E-state index contributed by atoms with van der Waals surface area (Å²) in [5.41, 5.74) is 4.11. The minimum absolute atomic E-state index is 0.134. The molecule has 5 heteroatoms. The SMILES string of the molecule is Cc1cc(C)n(Cc2ccc(C(=O)N(CC3CC3)CC3CCCO3)cc2)n1. The molecule has 1 amide bonds. The highest BCUT2D eigenvalue weighted by molar-refractivity contribution is 5.94. The molecular formula is C22H29N3O2. The number of nitrogens with zero attached hydrogens (tertiary/aromatic N) is 3. The van der Waals surface area contributed by atoms with Crippen LogP contribution >= 0.6 is 0 Å². The molecule has 144 valence electrons. The van der Waals surface area contributed by atoms with Gasteiger partial charge in [0.15, 0.2) is 0 Å². The average molecular weight is 367 g/mol. The van der Waals surface area contributed by atoms with E-state index in [1.54, 1.807) is 0 Å². The van der Waals surface area contributed by atoms with E-state index >= 15 is 0 Å². The van der Waals surface area contributed by atoms with Crippen molar-refractivity contribution in [1.82, 2.24) is 14.7 Å². The van der Waals surface area contributed by atoms with E-state index in [0.717, 1.165) is 61.6 Å². The number of rotatable bonds is 7. The lowest BCUT2D eigenvalue weighted by Crippen LogP contribution is -2.38. The molecular weight excluding hydrogens is 338 g/mol. The van der Waals surface area contributed by atoms with Crippen molar-refractivity contribution in [3.05, 3.63) is 52.8 Å². The van der Waals surface area contributed by atoms with Crippen LogP contribution in [0.25, 0.3) is 0 Å². The maximum atomic E-state index is 13.1. The molecule has 1 atom stereocenters. The first-order valence-electron chi connectivity index (χ1n) is 10.1. The predicted octanol–water partition coefficient (Wildman–Crippen LogP) is 3.58. The van der Waals surface area contributed by atoms with Gasteiger partial charge < -0.3 is 9.64 Å². The molecule has 1 saturated heterocycles. The molecule has 2 aliphatic rings. The molecule has 0 N–H and O–H groups in total. The van der Waals surface area contributed by atoms with E-state index in [0.29, 0.717) is 5.92 Å². The number of carbonyl (C=O) groups is 1. The van der Waals surface area contributed by atoms with Crippen molar-refractivity contribution in [2.75, 3.05) is 19.7 Å². The van der Waals surface area contributed by atoms with Crippen LogP contribution in [0.5, 0.6) is 0 Å². The summed E-state index contributed by atoms with van der Waals surface area (Å²) >= 11 is 0. The van der Waals surface area contributed by atoms with E-state index in [9.17, 15) is 4.79 Å². The molecule has 0 radical (unpaired) electrons. The van der Waals surface area contributed by atoms with Gasteiger partial charge in [-0.2, -0.15) is 5.10 Å². The lowest BCUT2D eigenvalue weighted by molar-refractivity contribution is 0.0515. The van der Waals surface area contributed by atoms with E-state index in [-0.39, 0.29) is 12.0 Å². The van der Waals surface area contributed by atoms with Crippen LogP contribution in [-0.2, 0) is 11.3 Å². The maximum Gasteiger partial charge on any atom is 0.253 e. The Labute approximate surface area is 161 Å². The van der Waals surface area contributed by atoms with E-state index < -0.39 is 0 Å². The van der Waals surface area contributed by atoms with E-state index in [4.69, 9.17) is 4.74 Å². The zero-order valence-electron chi connectivity index (χ0n) is 16.4. The van der Waals surface area contributed by atoms with Crippen LogP contribution in [0.2, 0.25) is 0 Å². The Morgan fingerprint density at radius 2 is 1.96 bits per heavy atom. The lowest BCUT2D eigenvalue weighted by atomic mass is 10.1. The molecule has 1 unspecified atom stereocenters. The van der Waals surface area contributed by atoms with Gasteiger partial charge >= 0.3 is 0 Å². The second kappa shape index (κ2) is 7.85. The highest BCUT2D eigenvalue weighted by Gasteiger charge is 2.30. The second-order valence-corrected chi connectivity index (χ2v) is 8.07. The zero-order chi connectivity index (χ0) is 18.8. The van der Waals surface area contributed by atoms with Crippen LogP contribution in [0.3, 0.4) is 0 Å². The third-order valence-electron chi connectivity index (χ3n) is 5.55. The molecule has 1 aromatic carbocycles. The summed E-state index contributed by atoms with van der Waals surface area (Å²) in [5.74, 6) is 0.815. The number of aromatic nitrogens is 2. The lowest BCUT2D eigenvalue weighted by Gasteiger charge is -2.25. The molecule has 4 rings (SSSR count). The summed E-state index contributed by atoms with van der Waals surface area (Å²) in [4.78, 5) is 15.1. The smallest absolute Gasteiger partial charge is 0.253 e. The van der Waals surface area contributed by atoms with Gasteiger partial charge in [0, 0.05) is 31.0 Å². The fraction of sp³-hybridized carbons (Fsp3) is 0.545. The summed E-state index contributed by atoms with van der Waals surface area (Å²) in [7, 11) is 0. The van der Waals surface area contributed by atoms with Gasteiger partial charge in [0.05, 0.1) is 18.3 Å². The molecule has 27 heavy (non-hydrogen) atoms. The van der Waals surface area contributed by atoms with Crippen molar-refractivity contribution in [1.29, 1.82) is 0 Å². The minimum atomic E-state index is 0.134. The summed E-state index contributed by atoms with van der Waals surface area (Å²) in [6.07, 6.45) is 4.87. The summed E-state index contributed by atoms with van der Waals surface area (Å²) in [5, 5.41) is 4.52. The number of hydrogen-bond acceptors (Lipinski definition) is 3. The molecule has 1 aliphatic carbocycles. The van der Waals surface area contributed by atoms with Crippen molar-refractivity contribution in [3.63, 3.8) is 0 Å². The number of aryl methyl sites for hydroxylation is 2. The molecule has 2 aromatic rings. The van der Waals surface area contributed by atoms with E-state index in [2.05, 4.69) is 18.1 Å². The van der Waals surface area contributed by atoms with Crippen LogP contribution in [0, 0.1) is 19.8 Å². The Balaban J connectivity index is 1.43. The van der Waals surface area contributed by atoms with Gasteiger partial charge in [0.25, 0.3) is 5.91 Å². The van der Waals surface area contributed by atoms with Crippen LogP contribution < -0.4 is 0 Å². The van der Waals surface area contributed by atoms with Crippen molar-refractivity contribution < 1.29 is 9.53 Å². The molecule has 5 nitrogen and oxygen atoms in total. The first-order chi connectivity index (χ1) is 13.1. The Kier molecular flexibility index (Phi) is 5.30. The fourth-order valence-corrected chi connectivity index (χ4v) is 3.83. The number of carbonyl (C=O) groups excluding carboxylic acids is 1. The van der Waals surface area contributed by atoms with Gasteiger partial charge in [0.2, 0.25) is 0 Å². The van der Waals surface area contributed by atoms with Gasteiger partial charge in [-0.15, -0.1) is 0 Å². The van der Waals surface area contributed by atoms with Crippen molar-refractivity contribution in [2.24, 2.45) is 5.92 Å². The van der Waals surface area contributed by atoms with Crippen LogP contribution in [0.4, 0.5) is 0 Å². The third-order valence-corrected chi connectivity index (χ3v) is 5.55. The highest BCUT2D eigenvalue weighted by atomic mass is 16.5. The van der Waals surface area contributed by atoms with Crippen LogP contribution in [-0.4, -0.2) is 46.4 Å². The Hall–Kier alpha value is -2.14. The summed E-state index contributed by atoms with van der Waals surface area (Å²) in [6.45, 7) is 7.23. The second-order valence-electron chi connectivity index (χ2n) is 8.07. The Morgan fingerprint density at radius 1 is 1.19 bits per heavy atom. The number of hydrogen-bond donors (Lipinski definition) is 0. The molecule has 0 bridgehead atoms. The van der Waals surface area contributed by atoms with E-state index in [1.165, 1.54) is 12.8 Å². The Bertz CT molecular complexity index is 786. The van der Waals surface area contributed by atoms with Gasteiger partial charge in [-0.25, -0.2) is 0 Å². The minimum Gasteiger partial charge on any atom is -0.376 e. The average Bonchev–Trinajstić information content (AvgIpc) is 3.21. The standard InChI is InChI=1S/C22H29N3O2/c1-16-12-17(2)25(23-16)14-19-7-9-20(10-8-19)22(26)24(13-18-5-6-18)15-21-4-3-11-27-21/h7-10,12,18,21H,3-6,11,13-15H2,1-2H3. The first-order valence-corrected chi connectivity index (χ1v) is 10.1. The summed E-state index contributed by atoms with van der Waals surface area (Å²) < 4.78 is 7.77. The number of benzene rings is 1. The maximum absolute atomic E-state index is 13.1. The van der Waals surface area contributed by atoms with Crippen LogP contribution in [0.1, 0.15) is 53.0 Å². The van der Waals surface area contributed by atoms with Crippen LogP contribution in [0.15, 0.2) is 30.3 Å². The van der Waals surface area contributed by atoms with Gasteiger partial charge in [-0.1, -0.05) is 12.1 Å². The molecule has 2 heterocycles. The third kappa shape index (κ3) is 4.59. The van der Waals surface area contributed by atoms with Gasteiger partial charge in [-0.05, 0) is 69.2 Å². The van der Waals surface area contributed by atoms with Crippen molar-refractivity contribution in [2.45, 2.75) is 52.2 Å².